The number of aromatic amines is 1. The van der Waals surface area contributed by atoms with Crippen LogP contribution in [0.3, 0.4) is 0 Å². The van der Waals surface area contributed by atoms with Gasteiger partial charge in [0.1, 0.15) is 5.82 Å². The van der Waals surface area contributed by atoms with Crippen molar-refractivity contribution in [2.24, 2.45) is 0 Å². The molecule has 0 radical (unpaired) electrons. The molecule has 1 aromatic carbocycles. The third kappa shape index (κ3) is 3.56. The van der Waals surface area contributed by atoms with Crippen LogP contribution in [0.5, 0.6) is 0 Å². The highest BCUT2D eigenvalue weighted by Crippen LogP contribution is 2.22. The molecule has 3 rings (SSSR count). The minimum absolute atomic E-state index is 0.0134. The van der Waals surface area contributed by atoms with E-state index in [0.717, 1.165) is 28.0 Å². The molecule has 3 aromatic rings. The zero-order valence-electron chi connectivity index (χ0n) is 13.3. The highest BCUT2D eigenvalue weighted by atomic mass is 16.1. The van der Waals surface area contributed by atoms with Crippen molar-refractivity contribution < 1.29 is 4.79 Å². The number of aromatic nitrogens is 3. The number of carbonyl (C=O) groups excluding carboxylic acids is 1. The Morgan fingerprint density at radius 2 is 2.09 bits per heavy atom. The smallest absolute Gasteiger partial charge is 0.220 e. The maximum atomic E-state index is 12.2. The van der Waals surface area contributed by atoms with E-state index < -0.39 is 0 Å². The highest BCUT2D eigenvalue weighted by Gasteiger charge is 2.13. The first-order valence-electron chi connectivity index (χ1n) is 7.77. The number of H-pyrrole nitrogens is 1. The Labute approximate surface area is 135 Å². The Balaban J connectivity index is 1.65. The average molecular weight is 308 g/mol. The predicted octanol–water partition coefficient (Wildman–Crippen LogP) is 3.08. The average Bonchev–Trinajstić information content (AvgIpc) is 2.98. The van der Waals surface area contributed by atoms with E-state index in [-0.39, 0.29) is 11.9 Å². The summed E-state index contributed by atoms with van der Waals surface area (Å²) in [6.07, 6.45) is 4.58. The van der Waals surface area contributed by atoms with Gasteiger partial charge in [0.25, 0.3) is 0 Å². The fourth-order valence-electron chi connectivity index (χ4n) is 2.69. The van der Waals surface area contributed by atoms with Crippen molar-refractivity contribution in [3.05, 3.63) is 59.8 Å². The molecule has 0 fully saturated rings. The van der Waals surface area contributed by atoms with Crippen molar-refractivity contribution >= 4 is 16.8 Å². The van der Waals surface area contributed by atoms with E-state index in [1.165, 1.54) is 0 Å². The molecule has 0 saturated carbocycles. The number of nitrogens with one attached hydrogen (secondary N) is 2. The van der Waals surface area contributed by atoms with Gasteiger partial charge in [0.2, 0.25) is 5.91 Å². The topological polar surface area (TPSA) is 70.7 Å². The fourth-order valence-corrected chi connectivity index (χ4v) is 2.69. The second-order valence-corrected chi connectivity index (χ2v) is 5.72. The molecule has 23 heavy (non-hydrogen) atoms. The lowest BCUT2D eigenvalue weighted by Crippen LogP contribution is -2.27. The molecule has 1 amide bonds. The summed E-state index contributed by atoms with van der Waals surface area (Å²) >= 11 is 0. The summed E-state index contributed by atoms with van der Waals surface area (Å²) in [4.78, 5) is 24.0. The Morgan fingerprint density at radius 3 is 2.87 bits per heavy atom. The van der Waals surface area contributed by atoms with Gasteiger partial charge in [-0.25, -0.2) is 4.98 Å². The van der Waals surface area contributed by atoms with Gasteiger partial charge in [-0.2, -0.15) is 0 Å². The summed E-state index contributed by atoms with van der Waals surface area (Å²) in [6.45, 7) is 3.94. The van der Waals surface area contributed by atoms with E-state index in [4.69, 9.17) is 0 Å². The first kappa shape index (κ1) is 15.2. The number of para-hydroxylation sites is 1. The molecule has 2 heterocycles. The lowest BCUT2D eigenvalue weighted by Gasteiger charge is -2.16. The quantitative estimate of drug-likeness (QED) is 0.761. The summed E-state index contributed by atoms with van der Waals surface area (Å²) < 4.78 is 0. The number of imidazole rings is 1. The summed E-state index contributed by atoms with van der Waals surface area (Å²) in [5.41, 5.74) is 2.98. The van der Waals surface area contributed by atoms with Crippen LogP contribution in [0.1, 0.15) is 36.5 Å². The van der Waals surface area contributed by atoms with Gasteiger partial charge in [0.05, 0.1) is 11.6 Å². The van der Waals surface area contributed by atoms with Crippen molar-refractivity contribution in [2.45, 2.75) is 32.7 Å². The lowest BCUT2D eigenvalue weighted by molar-refractivity contribution is -0.121. The zero-order valence-corrected chi connectivity index (χ0v) is 13.3. The molecule has 0 saturated heterocycles. The molecule has 0 bridgehead atoms. The zero-order chi connectivity index (χ0) is 16.2. The van der Waals surface area contributed by atoms with Gasteiger partial charge in [-0.15, -0.1) is 0 Å². The first-order valence-corrected chi connectivity index (χ1v) is 7.77. The van der Waals surface area contributed by atoms with Gasteiger partial charge < -0.3 is 10.3 Å². The summed E-state index contributed by atoms with van der Waals surface area (Å²) in [7, 11) is 0. The number of aryl methyl sites for hydroxylation is 2. The van der Waals surface area contributed by atoms with Crippen molar-refractivity contribution in [3.63, 3.8) is 0 Å². The Morgan fingerprint density at radius 1 is 1.26 bits per heavy atom. The minimum atomic E-state index is -0.0839. The molecular formula is C18H20N4O. The first-order chi connectivity index (χ1) is 11.1. The number of carbonyl (C=O) groups is 1. The third-order valence-corrected chi connectivity index (χ3v) is 3.85. The monoisotopic (exact) mass is 308 g/mol. The van der Waals surface area contributed by atoms with Gasteiger partial charge in [0.15, 0.2) is 0 Å². The van der Waals surface area contributed by atoms with E-state index >= 15 is 0 Å². The van der Waals surface area contributed by atoms with Crippen LogP contribution in [-0.2, 0) is 11.2 Å². The molecule has 2 aromatic heterocycles. The van der Waals surface area contributed by atoms with Crippen LogP contribution in [-0.4, -0.2) is 20.9 Å². The minimum Gasteiger partial charge on any atom is -0.349 e. The molecule has 118 valence electrons. The summed E-state index contributed by atoms with van der Waals surface area (Å²) in [5, 5.41) is 4.13. The van der Waals surface area contributed by atoms with E-state index in [2.05, 4.69) is 20.3 Å². The molecule has 0 aliphatic heterocycles. The van der Waals surface area contributed by atoms with Gasteiger partial charge in [-0.3, -0.25) is 9.78 Å². The SMILES string of the molecule is Cc1cnc(CCC(=O)NC(C)c2cccc3cccnc23)[nH]1. The number of hydrogen-bond acceptors (Lipinski definition) is 3. The van der Waals surface area contributed by atoms with E-state index in [1.54, 1.807) is 12.4 Å². The standard InChI is InChI=1S/C18H20N4O/c1-12-11-20-16(21-12)8-9-17(23)22-13(2)15-7-3-5-14-6-4-10-19-18(14)15/h3-7,10-11,13H,8-9H2,1-2H3,(H,20,21)(H,22,23). The van der Waals surface area contributed by atoms with Crippen LogP contribution >= 0.6 is 0 Å². The predicted molar refractivity (Wildman–Crippen MR) is 89.9 cm³/mol. The van der Waals surface area contributed by atoms with Crippen molar-refractivity contribution in [3.8, 4) is 0 Å². The number of benzene rings is 1. The number of hydrogen-bond donors (Lipinski definition) is 2. The van der Waals surface area contributed by atoms with Gasteiger partial charge in [0, 0.05) is 41.9 Å². The number of amides is 1. The second kappa shape index (κ2) is 6.60. The molecule has 0 spiro atoms. The normalized spacial score (nSPS) is 12.3. The van der Waals surface area contributed by atoms with E-state index in [9.17, 15) is 4.79 Å². The van der Waals surface area contributed by atoms with E-state index in [1.807, 2.05) is 44.2 Å². The molecule has 5 heteroatoms. The number of fused-ring (bicyclic) bond motifs is 1. The molecule has 1 atom stereocenters. The Bertz CT molecular complexity index is 819. The van der Waals surface area contributed by atoms with E-state index in [0.29, 0.717) is 12.8 Å². The van der Waals surface area contributed by atoms with Gasteiger partial charge in [-0.1, -0.05) is 24.3 Å². The molecule has 5 nitrogen and oxygen atoms in total. The third-order valence-electron chi connectivity index (χ3n) is 3.85. The van der Waals surface area contributed by atoms with Gasteiger partial charge >= 0.3 is 0 Å². The fraction of sp³-hybridized carbons (Fsp3) is 0.278. The maximum absolute atomic E-state index is 12.2. The number of nitrogens with zero attached hydrogens (tertiary/aromatic N) is 2. The highest BCUT2D eigenvalue weighted by molar-refractivity contribution is 5.83. The molecule has 1 unspecified atom stereocenters. The summed E-state index contributed by atoms with van der Waals surface area (Å²) in [5.74, 6) is 0.858. The molecular weight excluding hydrogens is 288 g/mol. The van der Waals surface area contributed by atoms with Crippen LogP contribution in [0.15, 0.2) is 42.7 Å². The number of pyridine rings is 1. The van der Waals surface area contributed by atoms with Crippen LogP contribution < -0.4 is 5.32 Å². The van der Waals surface area contributed by atoms with Crippen LogP contribution in [0.25, 0.3) is 10.9 Å². The second-order valence-electron chi connectivity index (χ2n) is 5.72. The van der Waals surface area contributed by atoms with Gasteiger partial charge in [-0.05, 0) is 19.9 Å². The van der Waals surface area contributed by atoms with Crippen LogP contribution in [0, 0.1) is 6.92 Å². The lowest BCUT2D eigenvalue weighted by atomic mass is 10.0. The van der Waals surface area contributed by atoms with Crippen LogP contribution in [0.4, 0.5) is 0 Å². The Hall–Kier alpha value is -2.69. The van der Waals surface area contributed by atoms with Crippen molar-refractivity contribution in [1.29, 1.82) is 0 Å². The van der Waals surface area contributed by atoms with Crippen molar-refractivity contribution in [1.82, 2.24) is 20.3 Å². The summed E-state index contributed by atoms with van der Waals surface area (Å²) in [6, 6.07) is 9.89. The molecule has 0 aliphatic carbocycles. The largest absolute Gasteiger partial charge is 0.349 e. The molecule has 2 N–H and O–H groups in total. The van der Waals surface area contributed by atoms with Crippen molar-refractivity contribution in [2.75, 3.05) is 0 Å². The molecule has 0 aliphatic rings. The Kier molecular flexibility index (Phi) is 4.37. The number of rotatable bonds is 5. The van der Waals surface area contributed by atoms with Crippen LogP contribution in [0.2, 0.25) is 0 Å². The maximum Gasteiger partial charge on any atom is 0.220 e.